The van der Waals surface area contributed by atoms with Crippen LogP contribution in [0.4, 0.5) is 0 Å². The molecule has 0 saturated carbocycles. The van der Waals surface area contributed by atoms with Gasteiger partial charge in [-0.1, -0.05) is 370 Å². The highest BCUT2D eigenvalue weighted by Gasteiger charge is 2.44. The van der Waals surface area contributed by atoms with E-state index in [2.05, 4.69) is 303 Å². The quantitative estimate of drug-likeness (QED) is 0.102. The fraction of sp³-hybridized carbons (Fsp3) is 0.0323. The molecule has 12 nitrogen and oxygen atoms in total. The molecule has 0 fully saturated rings. The summed E-state index contributed by atoms with van der Waals surface area (Å²) in [5.41, 5.74) is 31.4. The number of thiophene rings is 2. The molecule has 0 N–H and O–H groups in total. The molecule has 0 radical (unpaired) electrons. The second-order valence-corrected chi connectivity index (χ2v) is 37.7. The Bertz CT molecular complexity index is 8880. The number of hydrogen-bond donors (Lipinski definition) is 0. The van der Waals surface area contributed by atoms with Crippen LogP contribution in [0, 0.1) is 0 Å². The summed E-state index contributed by atoms with van der Waals surface area (Å²) in [5.74, 6) is 7.80. The zero-order chi connectivity index (χ0) is 90.8. The number of rotatable bonds is 14. The molecule has 6 heterocycles. The number of aromatic nitrogens is 12. The van der Waals surface area contributed by atoms with Gasteiger partial charge in [-0.15, -0.1) is 22.7 Å². The van der Waals surface area contributed by atoms with Crippen molar-refractivity contribution in [3.63, 3.8) is 0 Å². The van der Waals surface area contributed by atoms with E-state index in [9.17, 15) is 0 Å². The highest BCUT2D eigenvalue weighted by molar-refractivity contribution is 7.26. The number of hydrogen-bond acceptors (Lipinski definition) is 14. The highest BCUT2D eigenvalue weighted by Crippen LogP contribution is 2.59. The van der Waals surface area contributed by atoms with Crippen molar-refractivity contribution >= 4 is 63.0 Å². The molecular formula is C124H76N12S2. The second kappa shape index (κ2) is 33.3. The van der Waals surface area contributed by atoms with Gasteiger partial charge in [-0.2, -0.15) is 0 Å². The molecule has 14 heteroatoms. The average molecular weight is 1800 g/mol. The lowest BCUT2D eigenvalue weighted by molar-refractivity contribution is 0.754. The normalized spacial score (nSPS) is 14.4. The highest BCUT2D eigenvalue weighted by atomic mass is 32.1. The summed E-state index contributed by atoms with van der Waals surface area (Å²) in [6, 6.07) is 154. The molecule has 4 atom stereocenters. The predicted octanol–water partition coefficient (Wildman–Crippen LogP) is 30.2. The molecular weight excluding hydrogens is 1720 g/mol. The van der Waals surface area contributed by atoms with E-state index in [4.69, 9.17) is 59.8 Å². The maximum Gasteiger partial charge on any atom is 0.164 e. The Morgan fingerprint density at radius 2 is 0.341 bits per heavy atom. The summed E-state index contributed by atoms with van der Waals surface area (Å²) in [7, 11) is 0. The van der Waals surface area contributed by atoms with E-state index < -0.39 is 0 Å². The summed E-state index contributed by atoms with van der Waals surface area (Å²) in [6.07, 6.45) is 0. The van der Waals surface area contributed by atoms with Gasteiger partial charge in [0.2, 0.25) is 0 Å². The van der Waals surface area contributed by atoms with Gasteiger partial charge in [0.25, 0.3) is 0 Å². The first kappa shape index (κ1) is 80.1. The van der Waals surface area contributed by atoms with E-state index in [0.717, 1.165) is 89.0 Å². The van der Waals surface area contributed by atoms with Crippen molar-refractivity contribution in [3.05, 3.63) is 504 Å². The summed E-state index contributed by atoms with van der Waals surface area (Å²) in [6.45, 7) is 0. The van der Waals surface area contributed by atoms with Crippen molar-refractivity contribution in [2.75, 3.05) is 0 Å². The third-order valence-electron chi connectivity index (χ3n) is 27.5. The molecule has 30 rings (SSSR count). The van der Waals surface area contributed by atoms with E-state index >= 15 is 0 Å². The van der Waals surface area contributed by atoms with Crippen molar-refractivity contribution in [2.24, 2.45) is 0 Å². The molecule has 24 aromatic rings. The lowest BCUT2D eigenvalue weighted by atomic mass is 9.61. The van der Waals surface area contributed by atoms with Crippen molar-refractivity contribution in [1.82, 2.24) is 59.8 Å². The molecule has 0 amide bonds. The van der Waals surface area contributed by atoms with E-state index in [1.807, 2.05) is 156 Å². The zero-order valence-corrected chi connectivity index (χ0v) is 75.7. The summed E-state index contributed by atoms with van der Waals surface area (Å²) in [4.78, 5) is 61.8. The van der Waals surface area contributed by atoms with Crippen molar-refractivity contribution < 1.29 is 0 Å². The Kier molecular flexibility index (Phi) is 19.3. The van der Waals surface area contributed by atoms with Gasteiger partial charge >= 0.3 is 0 Å². The molecule has 4 unspecified atom stereocenters. The predicted molar refractivity (Wildman–Crippen MR) is 558 cm³/mol. The van der Waals surface area contributed by atoms with E-state index in [-0.39, 0.29) is 23.7 Å². The lowest BCUT2D eigenvalue weighted by Crippen LogP contribution is -2.27. The first-order valence-electron chi connectivity index (χ1n) is 46.5. The van der Waals surface area contributed by atoms with E-state index in [1.54, 1.807) is 0 Å². The van der Waals surface area contributed by atoms with Crippen LogP contribution in [0.15, 0.2) is 437 Å². The molecule has 6 aromatic heterocycles. The van der Waals surface area contributed by atoms with Crippen molar-refractivity contribution in [1.29, 1.82) is 0 Å². The Morgan fingerprint density at radius 3 is 0.674 bits per heavy atom. The summed E-state index contributed by atoms with van der Waals surface area (Å²) < 4.78 is 5.15. The van der Waals surface area contributed by atoms with Crippen molar-refractivity contribution in [3.8, 4) is 159 Å². The van der Waals surface area contributed by atoms with E-state index in [1.165, 1.54) is 107 Å². The fourth-order valence-electron chi connectivity index (χ4n) is 21.1. The lowest BCUT2D eigenvalue weighted by Gasteiger charge is -2.42. The van der Waals surface area contributed by atoms with Crippen LogP contribution >= 0.6 is 22.7 Å². The smallest absolute Gasteiger partial charge is 0.164 e. The third-order valence-corrected chi connectivity index (χ3v) is 29.8. The standard InChI is InChI=1S/2C62H38N6S/c1-4-16-37(17-5-1)57-63-58(38-18-6-2-7-19-38)65-60(64-57)41-28-31-47-51(35-41)55-45-24-11-12-25-46(45)56(47)52-36-42(29-32-48(52)55)61-66-59(39-20-8-3-9-21-39)67-62(68-61)49-26-13-10-22-43(49)40-30-33-54-50(34-40)44-23-14-15-27-53(44)69-54;1-4-15-37(16-5-1)57-63-58(38-17-6-2-7-18-38)66-61(65-57)43-27-30-48-51(35-43)55-46-24-10-11-25-47(46)56(48)52-36-44(28-31-49(52)55)62-67-59(39-19-8-3-9-20-39)64-60(68-62)42-22-14-21-40(33-42)41-29-32-54-50(34-41)45-23-12-13-26-53(45)69-54/h2*1-36,55-56H. The van der Waals surface area contributed by atoms with Crippen LogP contribution in [0.2, 0.25) is 0 Å². The van der Waals surface area contributed by atoms with Gasteiger partial charge < -0.3 is 0 Å². The molecule has 644 valence electrons. The molecule has 6 aliphatic carbocycles. The summed E-state index contributed by atoms with van der Waals surface area (Å²) >= 11 is 3.67. The first-order chi connectivity index (χ1) is 68.3. The monoisotopic (exact) mass is 1800 g/mol. The van der Waals surface area contributed by atoms with Gasteiger partial charge in [0, 0.05) is 131 Å². The van der Waals surface area contributed by atoms with Gasteiger partial charge in [-0.3, -0.25) is 0 Å². The Labute approximate surface area is 803 Å². The molecule has 0 spiro atoms. The van der Waals surface area contributed by atoms with Crippen LogP contribution in [-0.4, -0.2) is 59.8 Å². The second-order valence-electron chi connectivity index (χ2n) is 35.5. The maximum atomic E-state index is 5.35. The Hall–Kier alpha value is -17.6. The minimum atomic E-state index is 0.0158. The minimum Gasteiger partial charge on any atom is -0.208 e. The van der Waals surface area contributed by atoms with Crippen LogP contribution in [-0.2, 0) is 0 Å². The number of benzene rings is 18. The Morgan fingerprint density at radius 1 is 0.123 bits per heavy atom. The first-order valence-corrected chi connectivity index (χ1v) is 48.1. The van der Waals surface area contributed by atoms with Crippen LogP contribution in [0.3, 0.4) is 0 Å². The average Bonchev–Trinajstić information content (AvgIpc) is 0.777. The minimum absolute atomic E-state index is 0.0158. The molecule has 4 bridgehead atoms. The molecule has 18 aromatic carbocycles. The third kappa shape index (κ3) is 14.0. The topological polar surface area (TPSA) is 155 Å². The largest absolute Gasteiger partial charge is 0.208 e. The van der Waals surface area contributed by atoms with E-state index in [0.29, 0.717) is 69.9 Å². The molecule has 6 aliphatic rings. The van der Waals surface area contributed by atoms with Gasteiger partial charge in [-0.05, 0) is 156 Å². The SMILES string of the molecule is c1ccc(-c2nc(-c3ccccc3)nc(-c3ccc4c(c3)C3c5ccccc5C4c4cc(-c5nc(-c6ccccc6)nc(-c6cccc(-c7ccc8sc9ccccc9c8c7)c6)n5)ccc43)n2)cc1.c1ccc(-c2nc(-c3ccccc3)nc(-c3ccc4c(c3)C3c5ccccc5C4c4cc(-c5nc(-c6ccccc6)nc(-c6ccccc6-c6ccc7sc8ccccc8c7c6)n5)ccc43)n2)cc1. The number of fused-ring (bicyclic) bond motifs is 6. The van der Waals surface area contributed by atoms with Crippen LogP contribution in [0.1, 0.15) is 90.4 Å². The fourth-order valence-corrected chi connectivity index (χ4v) is 23.3. The van der Waals surface area contributed by atoms with Gasteiger partial charge in [0.1, 0.15) is 0 Å². The van der Waals surface area contributed by atoms with Crippen LogP contribution < -0.4 is 0 Å². The van der Waals surface area contributed by atoms with Crippen LogP contribution in [0.25, 0.3) is 199 Å². The van der Waals surface area contributed by atoms with Gasteiger partial charge in [0.05, 0.1) is 0 Å². The maximum absolute atomic E-state index is 5.35. The Balaban J connectivity index is 0.000000139. The number of nitrogens with zero attached hydrogens (tertiary/aromatic N) is 12. The van der Waals surface area contributed by atoms with Gasteiger partial charge in [0.15, 0.2) is 69.9 Å². The molecule has 0 saturated heterocycles. The van der Waals surface area contributed by atoms with Crippen LogP contribution in [0.5, 0.6) is 0 Å². The molecule has 138 heavy (non-hydrogen) atoms. The summed E-state index contributed by atoms with van der Waals surface area (Å²) in [5, 5.41) is 5.09. The molecule has 0 aliphatic heterocycles. The van der Waals surface area contributed by atoms with Crippen molar-refractivity contribution in [2.45, 2.75) is 23.7 Å². The zero-order valence-electron chi connectivity index (χ0n) is 74.1. The van der Waals surface area contributed by atoms with Gasteiger partial charge in [-0.25, -0.2) is 59.8 Å².